The molecule has 0 aliphatic heterocycles. The zero-order valence-electron chi connectivity index (χ0n) is 26.3. The number of hydrogen-bond acceptors (Lipinski definition) is 6. The molecule has 8 heteroatoms. The lowest BCUT2D eigenvalue weighted by Crippen LogP contribution is -2.51. The van der Waals surface area contributed by atoms with Crippen molar-refractivity contribution < 1.29 is 28.7 Å². The molecular weight excluding hydrogens is 544 g/mol. The van der Waals surface area contributed by atoms with E-state index in [1.54, 1.807) is 6.08 Å². The topological polar surface area (TPSA) is 111 Å². The molecule has 0 spiro atoms. The number of rotatable bonds is 15. The van der Waals surface area contributed by atoms with Gasteiger partial charge in [0.15, 0.2) is 0 Å². The number of allylic oxidation sites excluding steroid dienone is 9. The highest BCUT2D eigenvalue weighted by atomic mass is 16.5. The van der Waals surface area contributed by atoms with Gasteiger partial charge >= 0.3 is 11.9 Å². The summed E-state index contributed by atoms with van der Waals surface area (Å²) in [4.78, 5) is 48.7. The predicted molar refractivity (Wildman–Crippen MR) is 169 cm³/mol. The minimum absolute atomic E-state index is 0.00828. The van der Waals surface area contributed by atoms with Crippen LogP contribution in [0.5, 0.6) is 0 Å². The highest BCUT2D eigenvalue weighted by Gasteiger charge is 2.28. The Morgan fingerprint density at radius 3 is 2.42 bits per heavy atom. The molecule has 0 bridgehead atoms. The summed E-state index contributed by atoms with van der Waals surface area (Å²) in [7, 11) is 1.22. The molecule has 2 N–H and O–H groups in total. The molecule has 1 aromatic carbocycles. The summed E-state index contributed by atoms with van der Waals surface area (Å²) in [6.45, 7) is 10.8. The number of nitrogens with one attached hydrogen (secondary N) is 2. The van der Waals surface area contributed by atoms with Crippen LogP contribution in [0.15, 0.2) is 89.1 Å². The lowest BCUT2D eigenvalue weighted by atomic mass is 9.72. The van der Waals surface area contributed by atoms with Gasteiger partial charge in [-0.25, -0.2) is 4.79 Å². The summed E-state index contributed by atoms with van der Waals surface area (Å²) < 4.78 is 10.1. The Morgan fingerprint density at radius 1 is 1.05 bits per heavy atom. The van der Waals surface area contributed by atoms with Crippen LogP contribution in [0, 0.1) is 5.41 Å². The van der Waals surface area contributed by atoms with Crippen molar-refractivity contribution >= 4 is 24.3 Å². The molecule has 0 heterocycles. The van der Waals surface area contributed by atoms with Gasteiger partial charge in [0.2, 0.25) is 12.3 Å². The summed E-state index contributed by atoms with van der Waals surface area (Å²) in [6.07, 6.45) is 15.8. The molecule has 8 nitrogen and oxygen atoms in total. The van der Waals surface area contributed by atoms with Gasteiger partial charge in [0.25, 0.3) is 0 Å². The molecule has 1 aliphatic carbocycles. The van der Waals surface area contributed by atoms with Crippen LogP contribution >= 0.6 is 0 Å². The van der Waals surface area contributed by atoms with E-state index >= 15 is 0 Å². The third kappa shape index (κ3) is 12.3. The van der Waals surface area contributed by atoms with Crippen molar-refractivity contribution in [1.29, 1.82) is 0 Å². The van der Waals surface area contributed by atoms with Gasteiger partial charge in [-0.2, -0.15) is 0 Å². The number of esters is 2. The van der Waals surface area contributed by atoms with E-state index in [0.29, 0.717) is 6.41 Å². The van der Waals surface area contributed by atoms with Crippen LogP contribution in [-0.2, 0) is 35.1 Å². The van der Waals surface area contributed by atoms with E-state index in [0.717, 1.165) is 23.1 Å². The van der Waals surface area contributed by atoms with Gasteiger partial charge in [0.05, 0.1) is 13.5 Å². The SMILES string of the molecule is COC(=O)C(Cc1ccccc1)NC(=O)[C@H](CC(=O)OCC=C(C)C=CC=C(C)C=CC1=C(C)CCCC1(C)C)NC=O. The van der Waals surface area contributed by atoms with Crippen molar-refractivity contribution in [1.82, 2.24) is 10.6 Å². The number of benzene rings is 1. The Labute approximate surface area is 256 Å². The van der Waals surface area contributed by atoms with E-state index in [1.165, 1.54) is 31.1 Å². The van der Waals surface area contributed by atoms with Gasteiger partial charge in [-0.3, -0.25) is 14.4 Å². The molecule has 232 valence electrons. The first-order valence-electron chi connectivity index (χ1n) is 14.6. The molecule has 2 atom stereocenters. The molecule has 43 heavy (non-hydrogen) atoms. The molecule has 2 amide bonds. The molecule has 1 unspecified atom stereocenters. The van der Waals surface area contributed by atoms with Crippen molar-refractivity contribution in [3.8, 4) is 0 Å². The van der Waals surface area contributed by atoms with Gasteiger partial charge in [-0.15, -0.1) is 0 Å². The van der Waals surface area contributed by atoms with Gasteiger partial charge in [0, 0.05) is 6.42 Å². The first kappa shape index (κ1) is 35.0. The fraction of sp³-hybridized carbons (Fsp3) is 0.429. The second kappa shape index (κ2) is 17.7. The fourth-order valence-electron chi connectivity index (χ4n) is 4.96. The second-order valence-corrected chi connectivity index (χ2v) is 11.5. The minimum Gasteiger partial charge on any atom is -0.467 e. The standard InChI is InChI=1S/C35H46N2O6/c1-25(17-18-29-27(3)14-11-20-35(29,4)5)12-10-13-26(2)19-21-43-32(39)23-30(36-24-38)33(40)37-31(34(41)42-6)22-28-15-8-7-9-16-28/h7-10,12-13,15-19,24,30-31H,11,14,20-23H2,1-6H3,(H,36,38)(H,37,40)/t30-,31?/m0/s1. The van der Waals surface area contributed by atoms with E-state index < -0.39 is 36.4 Å². The van der Waals surface area contributed by atoms with E-state index in [1.807, 2.05) is 55.5 Å². The average Bonchev–Trinajstić information content (AvgIpc) is 2.96. The number of carbonyl (C=O) groups excluding carboxylic acids is 4. The largest absolute Gasteiger partial charge is 0.467 e. The minimum atomic E-state index is -1.21. The first-order valence-corrected chi connectivity index (χ1v) is 14.6. The maximum absolute atomic E-state index is 12.8. The van der Waals surface area contributed by atoms with Crippen LogP contribution in [0.3, 0.4) is 0 Å². The van der Waals surface area contributed by atoms with E-state index in [9.17, 15) is 19.2 Å². The van der Waals surface area contributed by atoms with Crippen LogP contribution in [0.2, 0.25) is 0 Å². The Morgan fingerprint density at radius 2 is 1.77 bits per heavy atom. The van der Waals surface area contributed by atoms with Crippen molar-refractivity contribution in [2.24, 2.45) is 5.41 Å². The highest BCUT2D eigenvalue weighted by Crippen LogP contribution is 2.40. The molecule has 0 saturated heterocycles. The maximum atomic E-state index is 12.8. The first-order chi connectivity index (χ1) is 20.5. The summed E-state index contributed by atoms with van der Waals surface area (Å²) in [5.41, 5.74) is 5.93. The molecule has 0 aromatic heterocycles. The zero-order chi connectivity index (χ0) is 31.8. The lowest BCUT2D eigenvalue weighted by Gasteiger charge is -2.32. The van der Waals surface area contributed by atoms with Crippen LogP contribution in [0.1, 0.15) is 65.9 Å². The van der Waals surface area contributed by atoms with E-state index in [2.05, 4.69) is 50.5 Å². The van der Waals surface area contributed by atoms with Gasteiger partial charge in [-0.05, 0) is 62.7 Å². The van der Waals surface area contributed by atoms with Gasteiger partial charge in [-0.1, -0.05) is 91.3 Å². The number of carbonyl (C=O) groups is 4. The van der Waals surface area contributed by atoms with Crippen LogP contribution < -0.4 is 10.6 Å². The smallest absolute Gasteiger partial charge is 0.328 e. The maximum Gasteiger partial charge on any atom is 0.328 e. The predicted octanol–water partition coefficient (Wildman–Crippen LogP) is 5.47. The monoisotopic (exact) mass is 590 g/mol. The van der Waals surface area contributed by atoms with Crippen molar-refractivity contribution in [2.45, 2.75) is 78.8 Å². The summed E-state index contributed by atoms with van der Waals surface area (Å²) >= 11 is 0. The van der Waals surface area contributed by atoms with Gasteiger partial charge < -0.3 is 20.1 Å². The fourth-order valence-corrected chi connectivity index (χ4v) is 4.96. The average molecular weight is 591 g/mol. The normalized spacial score (nSPS) is 17.0. The third-order valence-corrected chi connectivity index (χ3v) is 7.46. The quantitative estimate of drug-likeness (QED) is 0.159. The molecule has 0 saturated carbocycles. The number of ether oxygens (including phenoxy) is 2. The molecule has 2 rings (SSSR count). The van der Waals surface area contributed by atoms with Crippen molar-refractivity contribution in [3.63, 3.8) is 0 Å². The van der Waals surface area contributed by atoms with Gasteiger partial charge in [0.1, 0.15) is 18.7 Å². The lowest BCUT2D eigenvalue weighted by molar-refractivity contribution is -0.146. The molecular formula is C35H46N2O6. The van der Waals surface area contributed by atoms with Crippen LogP contribution in [0.25, 0.3) is 0 Å². The number of hydrogen-bond donors (Lipinski definition) is 2. The Hall–Kier alpha value is -4.20. The second-order valence-electron chi connectivity index (χ2n) is 11.5. The third-order valence-electron chi connectivity index (χ3n) is 7.46. The Bertz CT molecular complexity index is 1270. The van der Waals surface area contributed by atoms with Crippen LogP contribution in [0.4, 0.5) is 0 Å². The molecule has 0 radical (unpaired) electrons. The van der Waals surface area contributed by atoms with Crippen LogP contribution in [-0.4, -0.2) is 50.1 Å². The van der Waals surface area contributed by atoms with Crippen molar-refractivity contribution in [2.75, 3.05) is 13.7 Å². The Kier molecular flexibility index (Phi) is 14.4. The number of methoxy groups -OCH3 is 1. The Balaban J connectivity index is 1.90. The summed E-state index contributed by atoms with van der Waals surface area (Å²) in [5, 5.41) is 4.90. The molecule has 1 aromatic rings. The van der Waals surface area contributed by atoms with E-state index in [-0.39, 0.29) is 18.4 Å². The zero-order valence-corrected chi connectivity index (χ0v) is 26.3. The molecule has 0 fully saturated rings. The summed E-state index contributed by atoms with van der Waals surface area (Å²) in [6, 6.07) is 6.91. The number of amides is 2. The van der Waals surface area contributed by atoms with E-state index in [4.69, 9.17) is 9.47 Å². The highest BCUT2D eigenvalue weighted by molar-refractivity contribution is 5.91. The summed E-state index contributed by atoms with van der Waals surface area (Å²) in [5.74, 6) is -2.00. The molecule has 1 aliphatic rings. The van der Waals surface area contributed by atoms with Crippen molar-refractivity contribution in [3.05, 3.63) is 94.6 Å².